The number of likely N-dealkylation sites (N-methyl/N-ethyl adjacent to an activating group) is 1. The molecule has 4 nitrogen and oxygen atoms in total. The Kier molecular flexibility index (Phi) is 6.02. The lowest BCUT2D eigenvalue weighted by atomic mass is 9.88. The number of aromatic amines is 1. The van der Waals surface area contributed by atoms with Gasteiger partial charge < -0.3 is 15.2 Å². The van der Waals surface area contributed by atoms with Crippen LogP contribution in [0.2, 0.25) is 0 Å². The fraction of sp³-hybridized carbons (Fsp3) is 0.480. The van der Waals surface area contributed by atoms with Crippen molar-refractivity contribution in [3.8, 4) is 11.3 Å². The highest BCUT2D eigenvalue weighted by atomic mass is 15.1. The summed E-state index contributed by atoms with van der Waals surface area (Å²) in [4.78, 5) is 10.7. The Morgan fingerprint density at radius 2 is 2.10 bits per heavy atom. The number of hydrogen-bond acceptors (Lipinski definition) is 3. The SMILES string of the molecule is CNCCN1CCCC(c2ccc3[nH]c(-c4ccnc(C)c4)c(C(C)C)c3c2)C1. The van der Waals surface area contributed by atoms with E-state index in [9.17, 15) is 0 Å². The van der Waals surface area contributed by atoms with E-state index in [1.165, 1.54) is 59.2 Å². The number of aryl methyl sites for hydroxylation is 1. The van der Waals surface area contributed by atoms with Crippen molar-refractivity contribution in [2.75, 3.05) is 33.2 Å². The van der Waals surface area contributed by atoms with E-state index in [1.54, 1.807) is 0 Å². The summed E-state index contributed by atoms with van der Waals surface area (Å²) in [6.07, 6.45) is 4.49. The molecular formula is C25H34N4. The Morgan fingerprint density at radius 3 is 2.86 bits per heavy atom. The van der Waals surface area contributed by atoms with Gasteiger partial charge in [0.05, 0.1) is 5.69 Å². The predicted octanol–water partition coefficient (Wildman–Crippen LogP) is 5.06. The van der Waals surface area contributed by atoms with Crippen LogP contribution in [0.15, 0.2) is 36.5 Å². The Hall–Kier alpha value is -2.17. The number of aromatic nitrogens is 2. The van der Waals surface area contributed by atoms with Gasteiger partial charge in [-0.05, 0) is 80.6 Å². The highest BCUT2D eigenvalue weighted by Crippen LogP contribution is 2.38. The van der Waals surface area contributed by atoms with Crippen molar-refractivity contribution in [2.24, 2.45) is 0 Å². The number of nitrogens with zero attached hydrogens (tertiary/aromatic N) is 2. The molecule has 3 heterocycles. The number of hydrogen-bond donors (Lipinski definition) is 2. The van der Waals surface area contributed by atoms with E-state index in [4.69, 9.17) is 0 Å². The summed E-state index contributed by atoms with van der Waals surface area (Å²) in [7, 11) is 2.04. The van der Waals surface area contributed by atoms with Crippen LogP contribution in [-0.4, -0.2) is 48.1 Å². The van der Waals surface area contributed by atoms with Gasteiger partial charge in [-0.3, -0.25) is 4.98 Å². The number of rotatable bonds is 6. The number of piperidine rings is 1. The second kappa shape index (κ2) is 8.68. The molecule has 0 aliphatic carbocycles. The molecule has 0 saturated carbocycles. The number of likely N-dealkylation sites (tertiary alicyclic amines) is 1. The lowest BCUT2D eigenvalue weighted by Crippen LogP contribution is -2.38. The first-order chi connectivity index (χ1) is 14.1. The number of nitrogens with one attached hydrogen (secondary N) is 2. The third-order valence-corrected chi connectivity index (χ3v) is 6.28. The van der Waals surface area contributed by atoms with Crippen LogP contribution in [0.1, 0.15) is 55.3 Å². The van der Waals surface area contributed by atoms with E-state index in [2.05, 4.69) is 71.3 Å². The van der Waals surface area contributed by atoms with Gasteiger partial charge in [0, 0.05) is 48.0 Å². The van der Waals surface area contributed by atoms with Crippen LogP contribution in [0, 0.1) is 6.92 Å². The average Bonchev–Trinajstić information content (AvgIpc) is 3.11. The molecule has 4 heteroatoms. The zero-order valence-corrected chi connectivity index (χ0v) is 18.3. The zero-order chi connectivity index (χ0) is 20.4. The third kappa shape index (κ3) is 4.24. The molecule has 4 rings (SSSR count). The van der Waals surface area contributed by atoms with E-state index < -0.39 is 0 Å². The average molecular weight is 391 g/mol. The second-order valence-corrected chi connectivity index (χ2v) is 8.80. The molecule has 154 valence electrons. The number of pyridine rings is 1. The van der Waals surface area contributed by atoms with Crippen molar-refractivity contribution < 1.29 is 0 Å². The van der Waals surface area contributed by atoms with Gasteiger partial charge in [-0.25, -0.2) is 0 Å². The van der Waals surface area contributed by atoms with Crippen LogP contribution < -0.4 is 5.32 Å². The molecule has 0 amide bonds. The molecule has 1 aliphatic heterocycles. The van der Waals surface area contributed by atoms with E-state index in [0.29, 0.717) is 11.8 Å². The maximum atomic E-state index is 4.37. The Morgan fingerprint density at radius 1 is 1.24 bits per heavy atom. The third-order valence-electron chi connectivity index (χ3n) is 6.28. The molecule has 0 spiro atoms. The summed E-state index contributed by atoms with van der Waals surface area (Å²) in [5, 5.41) is 4.67. The molecule has 1 saturated heterocycles. The minimum Gasteiger partial charge on any atom is -0.354 e. The Balaban J connectivity index is 1.71. The van der Waals surface area contributed by atoms with Gasteiger partial charge in [0.15, 0.2) is 0 Å². The standard InChI is InChI=1S/C25H34N4/c1-17(2)24-22-15-19(21-6-5-12-29(16-21)13-11-26-4)7-8-23(22)28-25(24)20-9-10-27-18(3)14-20/h7-10,14-15,17,21,26,28H,5-6,11-13,16H2,1-4H3. The summed E-state index contributed by atoms with van der Waals surface area (Å²) in [5.41, 5.74) is 7.69. The summed E-state index contributed by atoms with van der Waals surface area (Å²) < 4.78 is 0. The first-order valence-electron chi connectivity index (χ1n) is 11.0. The Bertz CT molecular complexity index is 972. The molecular weight excluding hydrogens is 356 g/mol. The molecule has 0 bridgehead atoms. The van der Waals surface area contributed by atoms with Gasteiger partial charge in [-0.2, -0.15) is 0 Å². The highest BCUT2D eigenvalue weighted by Gasteiger charge is 2.23. The van der Waals surface area contributed by atoms with Crippen LogP contribution in [0.25, 0.3) is 22.2 Å². The van der Waals surface area contributed by atoms with Gasteiger partial charge in [0.2, 0.25) is 0 Å². The summed E-state index contributed by atoms with van der Waals surface area (Å²) >= 11 is 0. The molecule has 29 heavy (non-hydrogen) atoms. The van der Waals surface area contributed by atoms with Crippen LogP contribution in [0.3, 0.4) is 0 Å². The maximum Gasteiger partial charge on any atom is 0.0501 e. The van der Waals surface area contributed by atoms with E-state index >= 15 is 0 Å². The van der Waals surface area contributed by atoms with Crippen molar-refractivity contribution in [3.05, 3.63) is 53.3 Å². The first-order valence-corrected chi connectivity index (χ1v) is 11.0. The molecule has 1 atom stereocenters. The van der Waals surface area contributed by atoms with Crippen LogP contribution in [0.5, 0.6) is 0 Å². The monoisotopic (exact) mass is 390 g/mol. The smallest absolute Gasteiger partial charge is 0.0501 e. The summed E-state index contributed by atoms with van der Waals surface area (Å²) in [6.45, 7) is 11.3. The van der Waals surface area contributed by atoms with Gasteiger partial charge in [0.25, 0.3) is 0 Å². The van der Waals surface area contributed by atoms with Crippen molar-refractivity contribution >= 4 is 10.9 Å². The van der Waals surface area contributed by atoms with E-state index in [1.807, 2.05) is 13.2 Å². The van der Waals surface area contributed by atoms with E-state index in [-0.39, 0.29) is 0 Å². The lowest BCUT2D eigenvalue weighted by Gasteiger charge is -2.33. The lowest BCUT2D eigenvalue weighted by molar-refractivity contribution is 0.210. The van der Waals surface area contributed by atoms with Crippen molar-refractivity contribution in [3.63, 3.8) is 0 Å². The van der Waals surface area contributed by atoms with Crippen LogP contribution in [-0.2, 0) is 0 Å². The topological polar surface area (TPSA) is 44.0 Å². The minimum atomic E-state index is 0.459. The van der Waals surface area contributed by atoms with Crippen LogP contribution >= 0.6 is 0 Å². The van der Waals surface area contributed by atoms with Gasteiger partial charge in [-0.1, -0.05) is 19.9 Å². The van der Waals surface area contributed by atoms with Crippen molar-refractivity contribution in [1.29, 1.82) is 0 Å². The van der Waals surface area contributed by atoms with E-state index in [0.717, 1.165) is 18.8 Å². The normalized spacial score (nSPS) is 18.0. The summed E-state index contributed by atoms with van der Waals surface area (Å²) in [5.74, 6) is 1.09. The summed E-state index contributed by atoms with van der Waals surface area (Å²) in [6, 6.07) is 11.4. The minimum absolute atomic E-state index is 0.459. The fourth-order valence-electron chi connectivity index (χ4n) is 4.81. The molecule has 0 radical (unpaired) electrons. The van der Waals surface area contributed by atoms with Crippen molar-refractivity contribution in [1.82, 2.24) is 20.2 Å². The van der Waals surface area contributed by atoms with Crippen LogP contribution in [0.4, 0.5) is 0 Å². The first kappa shape index (κ1) is 20.1. The largest absolute Gasteiger partial charge is 0.354 e. The van der Waals surface area contributed by atoms with Gasteiger partial charge >= 0.3 is 0 Å². The Labute approximate surface area is 174 Å². The van der Waals surface area contributed by atoms with Gasteiger partial charge in [0.1, 0.15) is 0 Å². The second-order valence-electron chi connectivity index (χ2n) is 8.80. The molecule has 1 aliphatic rings. The number of benzene rings is 1. The highest BCUT2D eigenvalue weighted by molar-refractivity contribution is 5.92. The van der Waals surface area contributed by atoms with Crippen molar-refractivity contribution in [2.45, 2.75) is 45.4 Å². The molecule has 1 unspecified atom stereocenters. The van der Waals surface area contributed by atoms with Gasteiger partial charge in [-0.15, -0.1) is 0 Å². The molecule has 2 aromatic heterocycles. The number of H-pyrrole nitrogens is 1. The fourth-order valence-corrected chi connectivity index (χ4v) is 4.81. The zero-order valence-electron chi connectivity index (χ0n) is 18.3. The number of fused-ring (bicyclic) bond motifs is 1. The maximum absolute atomic E-state index is 4.37. The molecule has 1 aromatic carbocycles. The molecule has 3 aromatic rings. The molecule has 1 fully saturated rings. The molecule has 2 N–H and O–H groups in total. The quantitative estimate of drug-likeness (QED) is 0.618. The predicted molar refractivity (Wildman–Crippen MR) is 123 cm³/mol.